The molecule has 1 unspecified atom stereocenters. The van der Waals surface area contributed by atoms with Crippen molar-refractivity contribution in [2.24, 2.45) is 22.9 Å². The summed E-state index contributed by atoms with van der Waals surface area (Å²) in [6.45, 7) is 0. The van der Waals surface area contributed by atoms with E-state index < -0.39 is 23.9 Å². The Morgan fingerprint density at radius 1 is 0.917 bits per heavy atom. The van der Waals surface area contributed by atoms with Crippen LogP contribution in [0.25, 0.3) is 0 Å². The Kier molecular flexibility index (Phi) is 4.24. The van der Waals surface area contributed by atoms with E-state index in [-0.39, 0.29) is 12.8 Å². The van der Waals surface area contributed by atoms with Crippen LogP contribution in [-0.4, -0.2) is 23.9 Å². The van der Waals surface area contributed by atoms with Crippen molar-refractivity contribution in [2.75, 3.05) is 0 Å². The fourth-order valence-corrected chi connectivity index (χ4v) is 0.644. The topological polar surface area (TPSA) is 138 Å². The highest BCUT2D eigenvalue weighted by atomic mass is 16.1. The Hall–Kier alpha value is -1.14. The standard InChI is InChI=1S/C6H14N4O2/c7-3(5(9)11)1-2-4(8)6(10)12/h3-4H,1-2,7-8H2,(H2,9,11)(H2,10,12)/t3-,4?/m1/s1. The van der Waals surface area contributed by atoms with Crippen LogP contribution in [0.3, 0.4) is 0 Å². The zero-order chi connectivity index (χ0) is 9.72. The number of hydrogen-bond acceptors (Lipinski definition) is 4. The average molecular weight is 174 g/mol. The molecule has 2 amide bonds. The lowest BCUT2D eigenvalue weighted by Crippen LogP contribution is -2.41. The molecule has 0 spiro atoms. The molecule has 6 nitrogen and oxygen atoms in total. The fraction of sp³-hybridized carbons (Fsp3) is 0.667. The second-order valence-electron chi connectivity index (χ2n) is 2.60. The lowest BCUT2D eigenvalue weighted by molar-refractivity contribution is -0.121. The molecule has 0 aliphatic rings. The summed E-state index contributed by atoms with van der Waals surface area (Å²) in [5, 5.41) is 0. The third kappa shape index (κ3) is 3.89. The summed E-state index contributed by atoms with van der Waals surface area (Å²) in [7, 11) is 0. The number of nitrogens with two attached hydrogens (primary N) is 4. The Labute approximate surface area is 70.2 Å². The Morgan fingerprint density at radius 2 is 1.17 bits per heavy atom. The van der Waals surface area contributed by atoms with E-state index in [0.29, 0.717) is 0 Å². The fourth-order valence-electron chi connectivity index (χ4n) is 0.644. The molecular formula is C6H14N4O2. The Balaban J connectivity index is 3.68. The van der Waals surface area contributed by atoms with Gasteiger partial charge in [0, 0.05) is 0 Å². The van der Waals surface area contributed by atoms with Crippen molar-refractivity contribution < 1.29 is 9.59 Å². The summed E-state index contributed by atoms with van der Waals surface area (Å²) in [4.78, 5) is 20.8. The first-order valence-corrected chi connectivity index (χ1v) is 3.55. The minimum absolute atomic E-state index is 0.277. The van der Waals surface area contributed by atoms with E-state index in [2.05, 4.69) is 0 Å². The second-order valence-corrected chi connectivity index (χ2v) is 2.60. The summed E-state index contributed by atoms with van der Waals surface area (Å²) in [5.74, 6) is -1.21. The Morgan fingerprint density at radius 3 is 1.33 bits per heavy atom. The van der Waals surface area contributed by atoms with Gasteiger partial charge in [0.25, 0.3) is 0 Å². The van der Waals surface area contributed by atoms with Crippen LogP contribution in [0.15, 0.2) is 0 Å². The molecule has 0 saturated heterocycles. The summed E-state index contributed by atoms with van der Waals surface area (Å²) >= 11 is 0. The minimum Gasteiger partial charge on any atom is -0.368 e. The van der Waals surface area contributed by atoms with Gasteiger partial charge in [-0.2, -0.15) is 0 Å². The molecule has 0 bridgehead atoms. The molecule has 70 valence electrons. The molecule has 0 saturated carbocycles. The van der Waals surface area contributed by atoms with Crippen molar-refractivity contribution in [1.29, 1.82) is 0 Å². The van der Waals surface area contributed by atoms with Crippen molar-refractivity contribution in [1.82, 2.24) is 0 Å². The van der Waals surface area contributed by atoms with Gasteiger partial charge in [-0.1, -0.05) is 0 Å². The number of carbonyl (C=O) groups excluding carboxylic acids is 2. The van der Waals surface area contributed by atoms with Crippen molar-refractivity contribution in [3.05, 3.63) is 0 Å². The van der Waals surface area contributed by atoms with Gasteiger partial charge in [0.05, 0.1) is 12.1 Å². The maximum absolute atomic E-state index is 10.4. The van der Waals surface area contributed by atoms with E-state index in [1.54, 1.807) is 0 Å². The first-order chi connectivity index (χ1) is 5.45. The average Bonchev–Trinajstić information content (AvgIpc) is 1.98. The molecule has 0 aromatic carbocycles. The molecule has 0 fully saturated rings. The third-order valence-electron chi connectivity index (χ3n) is 1.52. The molecule has 0 aromatic rings. The number of amides is 2. The zero-order valence-corrected chi connectivity index (χ0v) is 6.69. The van der Waals surface area contributed by atoms with Crippen LogP contribution >= 0.6 is 0 Å². The zero-order valence-electron chi connectivity index (χ0n) is 6.69. The van der Waals surface area contributed by atoms with E-state index in [0.717, 1.165) is 0 Å². The summed E-state index contributed by atoms with van der Waals surface area (Å²) < 4.78 is 0. The van der Waals surface area contributed by atoms with Crippen LogP contribution in [0.5, 0.6) is 0 Å². The van der Waals surface area contributed by atoms with Crippen molar-refractivity contribution >= 4 is 11.8 Å². The second kappa shape index (κ2) is 4.68. The van der Waals surface area contributed by atoms with Crippen LogP contribution in [0.2, 0.25) is 0 Å². The number of carbonyl (C=O) groups is 2. The van der Waals surface area contributed by atoms with Gasteiger partial charge < -0.3 is 22.9 Å². The van der Waals surface area contributed by atoms with Crippen LogP contribution < -0.4 is 22.9 Å². The van der Waals surface area contributed by atoms with Crippen LogP contribution in [0.4, 0.5) is 0 Å². The molecule has 0 aliphatic heterocycles. The quantitative estimate of drug-likeness (QED) is 0.362. The molecule has 6 heteroatoms. The van der Waals surface area contributed by atoms with E-state index >= 15 is 0 Å². The molecule has 12 heavy (non-hydrogen) atoms. The molecule has 0 radical (unpaired) electrons. The summed E-state index contributed by atoms with van der Waals surface area (Å²) in [6.07, 6.45) is 0.554. The highest BCUT2D eigenvalue weighted by molar-refractivity contribution is 5.81. The number of hydrogen-bond donors (Lipinski definition) is 4. The van der Waals surface area contributed by atoms with E-state index in [1.165, 1.54) is 0 Å². The van der Waals surface area contributed by atoms with E-state index in [1.807, 2.05) is 0 Å². The first kappa shape index (κ1) is 10.9. The van der Waals surface area contributed by atoms with E-state index in [9.17, 15) is 9.59 Å². The molecule has 0 rings (SSSR count). The van der Waals surface area contributed by atoms with Crippen molar-refractivity contribution in [2.45, 2.75) is 24.9 Å². The molecule has 2 atom stereocenters. The van der Waals surface area contributed by atoms with Gasteiger partial charge in [-0.05, 0) is 12.8 Å². The molecule has 8 N–H and O–H groups in total. The van der Waals surface area contributed by atoms with Crippen molar-refractivity contribution in [3.63, 3.8) is 0 Å². The molecule has 0 aromatic heterocycles. The first-order valence-electron chi connectivity index (χ1n) is 3.55. The van der Waals surface area contributed by atoms with Gasteiger partial charge in [-0.25, -0.2) is 0 Å². The largest absolute Gasteiger partial charge is 0.368 e. The van der Waals surface area contributed by atoms with E-state index in [4.69, 9.17) is 22.9 Å². The van der Waals surface area contributed by atoms with Gasteiger partial charge in [-0.15, -0.1) is 0 Å². The number of primary amides is 2. The van der Waals surface area contributed by atoms with Crippen molar-refractivity contribution in [3.8, 4) is 0 Å². The maximum atomic E-state index is 10.4. The van der Waals surface area contributed by atoms with Gasteiger partial charge in [-0.3, -0.25) is 9.59 Å². The Bertz CT molecular complexity index is 162. The summed E-state index contributed by atoms with van der Waals surface area (Å²) in [5.41, 5.74) is 20.3. The lowest BCUT2D eigenvalue weighted by atomic mass is 10.1. The van der Waals surface area contributed by atoms with Crippen LogP contribution in [0, 0.1) is 0 Å². The number of rotatable bonds is 5. The molecule has 0 heterocycles. The predicted molar refractivity (Wildman–Crippen MR) is 43.6 cm³/mol. The van der Waals surface area contributed by atoms with Crippen LogP contribution in [0.1, 0.15) is 12.8 Å². The van der Waals surface area contributed by atoms with Crippen LogP contribution in [-0.2, 0) is 9.59 Å². The monoisotopic (exact) mass is 174 g/mol. The predicted octanol–water partition coefficient (Wildman–Crippen LogP) is -2.61. The SMILES string of the molecule is NC(=O)C(N)CC[C@@H](N)C(N)=O. The lowest BCUT2D eigenvalue weighted by Gasteiger charge is -2.09. The smallest absolute Gasteiger partial charge is 0.234 e. The highest BCUT2D eigenvalue weighted by Gasteiger charge is 2.14. The summed E-state index contributed by atoms with van der Waals surface area (Å²) in [6, 6.07) is -1.51. The van der Waals surface area contributed by atoms with Gasteiger partial charge >= 0.3 is 0 Å². The normalized spacial score (nSPS) is 15.2. The molecular weight excluding hydrogens is 160 g/mol. The van der Waals surface area contributed by atoms with Gasteiger partial charge in [0.1, 0.15) is 0 Å². The van der Waals surface area contributed by atoms with Gasteiger partial charge in [0.15, 0.2) is 0 Å². The molecule has 0 aliphatic carbocycles. The van der Waals surface area contributed by atoms with Gasteiger partial charge in [0.2, 0.25) is 11.8 Å². The third-order valence-corrected chi connectivity index (χ3v) is 1.52. The maximum Gasteiger partial charge on any atom is 0.234 e. The minimum atomic E-state index is -0.754. The highest BCUT2D eigenvalue weighted by Crippen LogP contribution is 1.96.